The summed E-state index contributed by atoms with van der Waals surface area (Å²) in [5, 5.41) is 9.38. The molecular weight excluding hydrogens is 267 g/mol. The molecule has 1 aromatic carbocycles. The molecule has 0 aromatic heterocycles. The predicted molar refractivity (Wildman–Crippen MR) is 72.7 cm³/mol. The number of aliphatic carboxylic acids is 1. The largest absolute Gasteiger partial charge is 0.481 e. The summed E-state index contributed by atoms with van der Waals surface area (Å²) < 4.78 is 13.9. The van der Waals surface area contributed by atoms with Crippen molar-refractivity contribution in [2.24, 2.45) is 17.8 Å². The molecule has 3 unspecified atom stereocenters. The van der Waals surface area contributed by atoms with E-state index in [1.165, 1.54) is 6.07 Å². The van der Waals surface area contributed by atoms with Crippen LogP contribution in [0.15, 0.2) is 18.2 Å². The van der Waals surface area contributed by atoms with Crippen LogP contribution in [0.4, 0.5) is 4.39 Å². The van der Waals surface area contributed by atoms with Gasteiger partial charge < -0.3 is 5.11 Å². The van der Waals surface area contributed by atoms with Crippen molar-refractivity contribution in [3.05, 3.63) is 34.6 Å². The number of rotatable bonds is 3. The van der Waals surface area contributed by atoms with Gasteiger partial charge in [-0.3, -0.25) is 4.79 Å². The molecule has 4 heteroatoms. The Hall–Kier alpha value is -1.09. The summed E-state index contributed by atoms with van der Waals surface area (Å²) in [5.41, 5.74) is 0.526. The number of carbonyl (C=O) groups is 1. The summed E-state index contributed by atoms with van der Waals surface area (Å²) in [6.07, 6.45) is 2.91. The molecular formula is C15H18ClFO2. The second-order valence-corrected chi connectivity index (χ2v) is 5.95. The molecule has 2 nitrogen and oxygen atoms in total. The van der Waals surface area contributed by atoms with Crippen LogP contribution in [-0.4, -0.2) is 11.1 Å². The molecule has 1 aliphatic carbocycles. The SMILES string of the molecule is CC1CCC(C(=O)O)C(Cc2cccc(Cl)c2F)C1. The van der Waals surface area contributed by atoms with Crippen molar-refractivity contribution in [2.75, 3.05) is 0 Å². The lowest BCUT2D eigenvalue weighted by molar-refractivity contribution is -0.145. The Morgan fingerprint density at radius 3 is 2.89 bits per heavy atom. The lowest BCUT2D eigenvalue weighted by Gasteiger charge is -2.32. The van der Waals surface area contributed by atoms with E-state index in [-0.39, 0.29) is 16.9 Å². The van der Waals surface area contributed by atoms with Crippen LogP contribution in [0.5, 0.6) is 0 Å². The first-order valence-electron chi connectivity index (χ1n) is 6.64. The number of halogens is 2. The molecule has 3 atom stereocenters. The maximum absolute atomic E-state index is 13.9. The molecule has 1 N–H and O–H groups in total. The van der Waals surface area contributed by atoms with Crippen LogP contribution < -0.4 is 0 Å². The smallest absolute Gasteiger partial charge is 0.306 e. The highest BCUT2D eigenvalue weighted by Gasteiger charge is 2.34. The standard InChI is InChI=1S/C15H18ClFO2/c1-9-5-6-12(15(18)19)11(7-9)8-10-3-2-4-13(16)14(10)17/h2-4,9,11-12H,5-8H2,1H3,(H,18,19). The van der Waals surface area contributed by atoms with Gasteiger partial charge in [0.2, 0.25) is 0 Å². The first-order chi connectivity index (χ1) is 8.99. The van der Waals surface area contributed by atoms with E-state index in [1.807, 2.05) is 0 Å². The summed E-state index contributed by atoms with van der Waals surface area (Å²) in [5.74, 6) is -1.04. The van der Waals surface area contributed by atoms with Gasteiger partial charge in [-0.15, -0.1) is 0 Å². The number of benzene rings is 1. The zero-order valence-corrected chi connectivity index (χ0v) is 11.7. The monoisotopic (exact) mass is 284 g/mol. The van der Waals surface area contributed by atoms with Crippen molar-refractivity contribution in [3.63, 3.8) is 0 Å². The first kappa shape index (κ1) is 14.3. The molecule has 0 saturated heterocycles. The highest BCUT2D eigenvalue weighted by molar-refractivity contribution is 6.30. The third kappa shape index (κ3) is 3.27. The third-order valence-electron chi connectivity index (χ3n) is 4.08. The lowest BCUT2D eigenvalue weighted by Crippen LogP contribution is -2.31. The minimum atomic E-state index is -0.765. The summed E-state index contributed by atoms with van der Waals surface area (Å²) in [6.45, 7) is 2.12. The fourth-order valence-electron chi connectivity index (χ4n) is 3.04. The number of carboxylic acid groups (broad SMARTS) is 1. The van der Waals surface area contributed by atoms with Crippen molar-refractivity contribution < 1.29 is 14.3 Å². The van der Waals surface area contributed by atoms with Crippen molar-refractivity contribution in [1.29, 1.82) is 0 Å². The quantitative estimate of drug-likeness (QED) is 0.905. The number of hydrogen-bond donors (Lipinski definition) is 1. The molecule has 0 aliphatic heterocycles. The maximum Gasteiger partial charge on any atom is 0.306 e. The van der Waals surface area contributed by atoms with E-state index in [2.05, 4.69) is 6.92 Å². The van der Waals surface area contributed by atoms with Crippen LogP contribution in [0.3, 0.4) is 0 Å². The summed E-state index contributed by atoms with van der Waals surface area (Å²) in [7, 11) is 0. The molecule has 2 rings (SSSR count). The number of hydrogen-bond acceptors (Lipinski definition) is 1. The molecule has 0 radical (unpaired) electrons. The van der Waals surface area contributed by atoms with Crippen molar-refractivity contribution in [3.8, 4) is 0 Å². The van der Waals surface area contributed by atoms with E-state index >= 15 is 0 Å². The Labute approximate surface area is 117 Å². The van der Waals surface area contributed by atoms with Crippen LogP contribution in [0, 0.1) is 23.6 Å². The van der Waals surface area contributed by atoms with E-state index in [0.29, 0.717) is 24.3 Å². The first-order valence-corrected chi connectivity index (χ1v) is 7.02. The van der Waals surface area contributed by atoms with Crippen LogP contribution >= 0.6 is 11.6 Å². The van der Waals surface area contributed by atoms with Crippen molar-refractivity contribution in [1.82, 2.24) is 0 Å². The van der Waals surface area contributed by atoms with Crippen LogP contribution in [-0.2, 0) is 11.2 Å². The Bertz CT molecular complexity index is 475. The topological polar surface area (TPSA) is 37.3 Å². The van der Waals surface area contributed by atoms with Gasteiger partial charge in [0.25, 0.3) is 0 Å². The fraction of sp³-hybridized carbons (Fsp3) is 0.533. The molecule has 0 heterocycles. The minimum absolute atomic E-state index is 0.00535. The zero-order valence-electron chi connectivity index (χ0n) is 10.9. The summed E-state index contributed by atoms with van der Waals surface area (Å²) >= 11 is 5.77. The van der Waals surface area contributed by atoms with Gasteiger partial charge in [-0.05, 0) is 49.1 Å². The van der Waals surface area contributed by atoms with Gasteiger partial charge in [0.15, 0.2) is 0 Å². The molecule has 19 heavy (non-hydrogen) atoms. The van der Waals surface area contributed by atoms with E-state index in [0.717, 1.165) is 12.8 Å². The molecule has 104 valence electrons. The Kier molecular flexibility index (Phi) is 4.46. The molecule has 0 spiro atoms. The van der Waals surface area contributed by atoms with Crippen LogP contribution in [0.25, 0.3) is 0 Å². The average molecular weight is 285 g/mol. The van der Waals surface area contributed by atoms with E-state index in [9.17, 15) is 14.3 Å². The average Bonchev–Trinajstić information content (AvgIpc) is 2.35. The predicted octanol–water partition coefficient (Wildman–Crippen LogP) is 4.16. The molecule has 0 bridgehead atoms. The van der Waals surface area contributed by atoms with Gasteiger partial charge in [0.1, 0.15) is 5.82 Å². The minimum Gasteiger partial charge on any atom is -0.481 e. The van der Waals surface area contributed by atoms with E-state index in [1.54, 1.807) is 12.1 Å². The third-order valence-corrected chi connectivity index (χ3v) is 4.37. The van der Waals surface area contributed by atoms with E-state index in [4.69, 9.17) is 11.6 Å². The van der Waals surface area contributed by atoms with E-state index < -0.39 is 11.8 Å². The Balaban J connectivity index is 2.19. The molecule has 1 fully saturated rings. The maximum atomic E-state index is 13.9. The second kappa shape index (κ2) is 5.91. The summed E-state index contributed by atoms with van der Waals surface area (Å²) in [6, 6.07) is 4.92. The van der Waals surface area contributed by atoms with Gasteiger partial charge >= 0.3 is 5.97 Å². The van der Waals surface area contributed by atoms with Crippen molar-refractivity contribution in [2.45, 2.75) is 32.6 Å². The molecule has 1 aromatic rings. The van der Waals surface area contributed by atoms with Gasteiger partial charge in [-0.2, -0.15) is 0 Å². The highest BCUT2D eigenvalue weighted by atomic mass is 35.5. The number of carboxylic acids is 1. The Morgan fingerprint density at radius 2 is 2.21 bits per heavy atom. The van der Waals surface area contributed by atoms with Crippen LogP contribution in [0.2, 0.25) is 5.02 Å². The lowest BCUT2D eigenvalue weighted by atomic mass is 9.72. The second-order valence-electron chi connectivity index (χ2n) is 5.54. The fourth-order valence-corrected chi connectivity index (χ4v) is 3.23. The van der Waals surface area contributed by atoms with Gasteiger partial charge in [-0.25, -0.2) is 4.39 Å². The molecule has 0 amide bonds. The zero-order chi connectivity index (χ0) is 14.0. The molecule has 1 saturated carbocycles. The van der Waals surface area contributed by atoms with Crippen LogP contribution in [0.1, 0.15) is 31.7 Å². The van der Waals surface area contributed by atoms with Gasteiger partial charge in [-0.1, -0.05) is 30.7 Å². The Morgan fingerprint density at radius 1 is 1.47 bits per heavy atom. The highest BCUT2D eigenvalue weighted by Crippen LogP contribution is 2.36. The summed E-state index contributed by atoms with van der Waals surface area (Å²) in [4.78, 5) is 11.3. The normalized spacial score (nSPS) is 27.2. The van der Waals surface area contributed by atoms with Crippen molar-refractivity contribution >= 4 is 17.6 Å². The van der Waals surface area contributed by atoms with Gasteiger partial charge in [0.05, 0.1) is 10.9 Å². The molecule has 1 aliphatic rings. The van der Waals surface area contributed by atoms with Gasteiger partial charge in [0, 0.05) is 0 Å².